The fourth-order valence-electron chi connectivity index (χ4n) is 3.82. The van der Waals surface area contributed by atoms with Gasteiger partial charge in [-0.25, -0.2) is 0 Å². The van der Waals surface area contributed by atoms with Crippen molar-refractivity contribution in [2.75, 3.05) is 19.7 Å². The van der Waals surface area contributed by atoms with Crippen LogP contribution in [0.5, 0.6) is 5.75 Å². The van der Waals surface area contributed by atoms with Crippen LogP contribution in [0.2, 0.25) is 0 Å². The number of hydrogen-bond acceptors (Lipinski definition) is 6. The normalized spacial score (nSPS) is 19.9. The molecule has 1 aliphatic rings. The molecule has 3 heterocycles. The van der Waals surface area contributed by atoms with E-state index in [1.807, 2.05) is 31.2 Å². The number of aliphatic hydroxyl groups excluding tert-OH is 1. The molecule has 1 aliphatic heterocycles. The van der Waals surface area contributed by atoms with Crippen LogP contribution in [-0.4, -0.2) is 50.8 Å². The fraction of sp³-hybridized carbons (Fsp3) is 0.381. The van der Waals surface area contributed by atoms with Gasteiger partial charge in [0.15, 0.2) is 0 Å². The third-order valence-corrected chi connectivity index (χ3v) is 5.17. The lowest BCUT2D eigenvalue weighted by Crippen LogP contribution is -2.25. The SMILES string of the molecule is CCOc1ccc2[nH]c(=O)c(CN3C[C@@H](Cc4cnccn4)[C@H](O)C3)cc2c1. The van der Waals surface area contributed by atoms with E-state index in [2.05, 4.69) is 19.9 Å². The fourth-order valence-corrected chi connectivity index (χ4v) is 3.82. The number of pyridine rings is 1. The van der Waals surface area contributed by atoms with Crippen molar-refractivity contribution in [1.82, 2.24) is 19.9 Å². The molecular formula is C21H24N4O3. The molecule has 3 aromatic rings. The monoisotopic (exact) mass is 380 g/mol. The van der Waals surface area contributed by atoms with Gasteiger partial charge in [-0.1, -0.05) is 0 Å². The zero-order valence-corrected chi connectivity index (χ0v) is 15.8. The number of aromatic amines is 1. The lowest BCUT2D eigenvalue weighted by atomic mass is 10.0. The summed E-state index contributed by atoms with van der Waals surface area (Å²) in [5, 5.41) is 11.4. The van der Waals surface area contributed by atoms with Crippen LogP contribution < -0.4 is 10.3 Å². The molecule has 2 aromatic heterocycles. The van der Waals surface area contributed by atoms with Crippen LogP contribution in [0.3, 0.4) is 0 Å². The molecule has 0 amide bonds. The van der Waals surface area contributed by atoms with Crippen LogP contribution in [0.4, 0.5) is 0 Å². The van der Waals surface area contributed by atoms with E-state index in [4.69, 9.17) is 4.74 Å². The molecule has 0 aliphatic carbocycles. The van der Waals surface area contributed by atoms with Gasteiger partial charge < -0.3 is 14.8 Å². The van der Waals surface area contributed by atoms with Gasteiger partial charge in [0, 0.05) is 60.6 Å². The summed E-state index contributed by atoms with van der Waals surface area (Å²) in [4.78, 5) is 25.9. The first-order valence-electron chi connectivity index (χ1n) is 9.56. The number of β-amino-alcohol motifs (C(OH)–C–C–N with tert-alkyl or cyclic N) is 1. The van der Waals surface area contributed by atoms with Crippen LogP contribution in [0.1, 0.15) is 18.2 Å². The van der Waals surface area contributed by atoms with Gasteiger partial charge in [-0.2, -0.15) is 0 Å². The molecule has 146 valence electrons. The second-order valence-corrected chi connectivity index (χ2v) is 7.23. The van der Waals surface area contributed by atoms with Gasteiger partial charge in [0.25, 0.3) is 5.56 Å². The highest BCUT2D eigenvalue weighted by molar-refractivity contribution is 5.80. The van der Waals surface area contributed by atoms with Crippen LogP contribution in [0.15, 0.2) is 47.7 Å². The van der Waals surface area contributed by atoms with E-state index in [0.29, 0.717) is 38.2 Å². The van der Waals surface area contributed by atoms with Crippen LogP contribution in [-0.2, 0) is 13.0 Å². The number of benzene rings is 1. The topological polar surface area (TPSA) is 91.3 Å². The summed E-state index contributed by atoms with van der Waals surface area (Å²) in [5.74, 6) is 0.870. The molecule has 0 bridgehead atoms. The number of hydrogen-bond donors (Lipinski definition) is 2. The molecule has 7 nitrogen and oxygen atoms in total. The molecule has 0 spiro atoms. The van der Waals surface area contributed by atoms with E-state index < -0.39 is 6.10 Å². The van der Waals surface area contributed by atoms with Gasteiger partial charge in [0.05, 0.1) is 18.4 Å². The number of ether oxygens (including phenoxy) is 1. The van der Waals surface area contributed by atoms with Gasteiger partial charge in [-0.3, -0.25) is 19.7 Å². The number of aliphatic hydroxyl groups is 1. The summed E-state index contributed by atoms with van der Waals surface area (Å²) >= 11 is 0. The van der Waals surface area contributed by atoms with Gasteiger partial charge in [0.1, 0.15) is 5.75 Å². The highest BCUT2D eigenvalue weighted by Gasteiger charge is 2.32. The zero-order valence-electron chi connectivity index (χ0n) is 15.8. The Morgan fingerprint density at radius 2 is 2.18 bits per heavy atom. The number of fused-ring (bicyclic) bond motifs is 1. The maximum Gasteiger partial charge on any atom is 0.252 e. The first kappa shape index (κ1) is 18.6. The summed E-state index contributed by atoms with van der Waals surface area (Å²) < 4.78 is 5.56. The minimum atomic E-state index is -0.439. The Morgan fingerprint density at radius 3 is 2.96 bits per heavy atom. The summed E-state index contributed by atoms with van der Waals surface area (Å²) in [7, 11) is 0. The van der Waals surface area contributed by atoms with Crippen LogP contribution >= 0.6 is 0 Å². The highest BCUT2D eigenvalue weighted by Crippen LogP contribution is 2.23. The van der Waals surface area contributed by atoms with E-state index in [9.17, 15) is 9.90 Å². The minimum Gasteiger partial charge on any atom is -0.494 e. The largest absolute Gasteiger partial charge is 0.494 e. The predicted octanol–water partition coefficient (Wildman–Crippen LogP) is 1.75. The van der Waals surface area contributed by atoms with Crippen molar-refractivity contribution in [3.8, 4) is 5.75 Å². The molecule has 1 saturated heterocycles. The molecule has 4 rings (SSSR count). The molecule has 2 N–H and O–H groups in total. The van der Waals surface area contributed by atoms with E-state index >= 15 is 0 Å². The van der Waals surface area contributed by atoms with Gasteiger partial charge in [0.2, 0.25) is 0 Å². The number of H-pyrrole nitrogens is 1. The summed E-state index contributed by atoms with van der Waals surface area (Å²) in [6, 6.07) is 7.57. The van der Waals surface area contributed by atoms with E-state index in [1.165, 1.54) is 0 Å². The smallest absolute Gasteiger partial charge is 0.252 e. The quantitative estimate of drug-likeness (QED) is 0.677. The van der Waals surface area contributed by atoms with Crippen molar-refractivity contribution in [3.05, 3.63) is 64.5 Å². The third-order valence-electron chi connectivity index (χ3n) is 5.17. The zero-order chi connectivity index (χ0) is 19.5. The molecule has 7 heteroatoms. The van der Waals surface area contributed by atoms with Gasteiger partial charge in [-0.15, -0.1) is 0 Å². The number of nitrogens with one attached hydrogen (secondary N) is 1. The molecule has 28 heavy (non-hydrogen) atoms. The Kier molecular flexibility index (Phi) is 5.36. The minimum absolute atomic E-state index is 0.0841. The summed E-state index contributed by atoms with van der Waals surface area (Å²) in [5.41, 5.74) is 2.26. The second kappa shape index (κ2) is 8.08. The van der Waals surface area contributed by atoms with Gasteiger partial charge in [-0.05, 0) is 37.6 Å². The Labute approximate surface area is 163 Å². The van der Waals surface area contributed by atoms with Crippen molar-refractivity contribution in [3.63, 3.8) is 0 Å². The lowest BCUT2D eigenvalue weighted by molar-refractivity contribution is 0.140. The Hall–Kier alpha value is -2.77. The van der Waals surface area contributed by atoms with Crippen molar-refractivity contribution >= 4 is 10.9 Å². The molecule has 0 unspecified atom stereocenters. The Balaban J connectivity index is 1.49. The first-order chi connectivity index (χ1) is 13.6. The number of nitrogens with zero attached hydrogens (tertiary/aromatic N) is 3. The van der Waals surface area contributed by atoms with Crippen molar-refractivity contribution in [2.24, 2.45) is 5.92 Å². The van der Waals surface area contributed by atoms with E-state index in [1.54, 1.807) is 18.6 Å². The third kappa shape index (κ3) is 4.05. The average Bonchev–Trinajstić information content (AvgIpc) is 3.02. The molecule has 1 fully saturated rings. The van der Waals surface area contributed by atoms with Crippen molar-refractivity contribution in [1.29, 1.82) is 0 Å². The number of aromatic nitrogens is 3. The summed E-state index contributed by atoms with van der Waals surface area (Å²) in [6.45, 7) is 4.30. The lowest BCUT2D eigenvalue weighted by Gasteiger charge is -2.15. The number of rotatable bonds is 6. The maximum atomic E-state index is 12.5. The first-order valence-corrected chi connectivity index (χ1v) is 9.56. The number of likely N-dealkylation sites (tertiary alicyclic amines) is 1. The second-order valence-electron chi connectivity index (χ2n) is 7.23. The van der Waals surface area contributed by atoms with Crippen LogP contribution in [0, 0.1) is 5.92 Å². The Morgan fingerprint density at radius 1 is 1.29 bits per heavy atom. The standard InChI is InChI=1S/C21H24N4O3/c1-2-28-18-3-4-19-14(9-18)7-16(21(27)24-19)12-25-11-15(20(26)13-25)8-17-10-22-5-6-23-17/h3-7,9-10,15,20,26H,2,8,11-13H2,1H3,(H,24,27)/t15-,20-/m1/s1. The average molecular weight is 380 g/mol. The van der Waals surface area contributed by atoms with Crippen LogP contribution in [0.25, 0.3) is 10.9 Å². The van der Waals surface area contributed by atoms with E-state index in [0.717, 1.165) is 22.3 Å². The van der Waals surface area contributed by atoms with E-state index in [-0.39, 0.29) is 11.5 Å². The van der Waals surface area contributed by atoms with Crippen molar-refractivity contribution < 1.29 is 9.84 Å². The molecule has 0 saturated carbocycles. The predicted molar refractivity (Wildman–Crippen MR) is 106 cm³/mol. The molecule has 0 radical (unpaired) electrons. The molecule has 1 aromatic carbocycles. The molecule has 2 atom stereocenters. The highest BCUT2D eigenvalue weighted by atomic mass is 16.5. The maximum absolute atomic E-state index is 12.5. The molecular weight excluding hydrogens is 356 g/mol. The van der Waals surface area contributed by atoms with Crippen molar-refractivity contribution in [2.45, 2.75) is 26.0 Å². The Bertz CT molecular complexity index is 1010. The summed E-state index contributed by atoms with van der Waals surface area (Å²) in [6.07, 6.45) is 5.28. The van der Waals surface area contributed by atoms with Gasteiger partial charge >= 0.3 is 0 Å².